The molecule has 0 aromatic heterocycles. The molecule has 2 aliphatic heterocycles. The number of nitrogens with zero attached hydrogens (tertiary/aromatic N) is 1. The van der Waals surface area contributed by atoms with E-state index in [0.717, 1.165) is 5.56 Å². The molecule has 1 saturated carbocycles. The Bertz CT molecular complexity index is 1620. The Balaban J connectivity index is 1.30. The van der Waals surface area contributed by atoms with E-state index in [0.29, 0.717) is 36.9 Å². The predicted octanol–water partition coefficient (Wildman–Crippen LogP) is 5.30. The van der Waals surface area contributed by atoms with Gasteiger partial charge >= 0.3 is 5.97 Å². The molecule has 2 unspecified atom stereocenters. The van der Waals surface area contributed by atoms with E-state index < -0.39 is 39.9 Å². The number of carbonyl (C=O) groups is 3. The van der Waals surface area contributed by atoms with Crippen LogP contribution < -0.4 is 10.6 Å². The first-order chi connectivity index (χ1) is 20.5. The summed E-state index contributed by atoms with van der Waals surface area (Å²) in [6.45, 7) is 1.86. The van der Waals surface area contributed by atoms with E-state index in [-0.39, 0.29) is 38.9 Å². The van der Waals surface area contributed by atoms with Crippen LogP contribution in [0.2, 0.25) is 10.0 Å². The van der Waals surface area contributed by atoms with Gasteiger partial charge in [-0.2, -0.15) is 4.31 Å². The molecule has 43 heavy (non-hydrogen) atoms. The number of anilines is 1. The molecule has 3 aromatic rings. The van der Waals surface area contributed by atoms with Crippen molar-refractivity contribution in [3.05, 3.63) is 93.5 Å². The van der Waals surface area contributed by atoms with Crippen molar-refractivity contribution in [3.63, 3.8) is 0 Å². The van der Waals surface area contributed by atoms with E-state index in [2.05, 4.69) is 10.6 Å². The van der Waals surface area contributed by atoms with Gasteiger partial charge in [-0.25, -0.2) is 13.2 Å². The number of fused-ring (bicyclic) bond motifs is 3. The fourth-order valence-corrected chi connectivity index (χ4v) is 8.40. The maximum atomic E-state index is 13.7. The Labute approximate surface area is 260 Å². The summed E-state index contributed by atoms with van der Waals surface area (Å²) in [5, 5.41) is 15.7. The summed E-state index contributed by atoms with van der Waals surface area (Å²) in [5.41, 5.74) is 2.09. The maximum absolute atomic E-state index is 13.7. The molecule has 6 rings (SSSR count). The van der Waals surface area contributed by atoms with Crippen LogP contribution >= 0.6 is 23.2 Å². The SMILES string of the molecule is Cc1ccc(S(=O)(=O)N2C3CCC(CC3)C2C(=O)NC(Cc2ccc(NC(=O)c3c(Cl)cccc3Cl)cc2)C(=O)O)cc1. The fraction of sp³-hybridized carbons (Fsp3) is 0.323. The van der Waals surface area contributed by atoms with Crippen LogP contribution in [0.1, 0.15) is 47.2 Å². The molecule has 226 valence electrons. The number of hydrogen-bond donors (Lipinski definition) is 3. The van der Waals surface area contributed by atoms with Gasteiger partial charge in [0.15, 0.2) is 0 Å². The number of aryl methyl sites for hydroxylation is 1. The summed E-state index contributed by atoms with van der Waals surface area (Å²) in [7, 11) is -3.99. The third-order valence-corrected chi connectivity index (χ3v) is 10.7. The standard InChI is InChI=1S/C31H31Cl2N3O6S/c1-18-5-15-23(16-6-18)43(41,42)36-22-13-9-20(10-14-22)28(36)30(38)35-26(31(39)40)17-19-7-11-21(12-8-19)34-29(37)27-24(32)3-2-4-25(27)33/h2-8,11-12,15-16,20,22,26,28H,9-10,13-14,17H2,1H3,(H,34,37)(H,35,38)(H,39,40). The summed E-state index contributed by atoms with van der Waals surface area (Å²) in [6.07, 6.45) is 2.68. The largest absolute Gasteiger partial charge is 0.480 e. The third-order valence-electron chi connectivity index (χ3n) is 8.14. The molecule has 0 radical (unpaired) electrons. The van der Waals surface area contributed by atoms with Crippen molar-refractivity contribution < 1.29 is 27.9 Å². The number of amides is 2. The van der Waals surface area contributed by atoms with Crippen molar-refractivity contribution in [2.45, 2.75) is 62.0 Å². The van der Waals surface area contributed by atoms with Gasteiger partial charge in [-0.3, -0.25) is 9.59 Å². The molecule has 9 nitrogen and oxygen atoms in total. The minimum absolute atomic E-state index is 0.0445. The summed E-state index contributed by atoms with van der Waals surface area (Å²) < 4.78 is 28.8. The summed E-state index contributed by atoms with van der Waals surface area (Å²) >= 11 is 12.2. The third kappa shape index (κ3) is 6.57. The molecule has 3 aliphatic rings. The number of sulfonamides is 1. The number of rotatable bonds is 9. The van der Waals surface area contributed by atoms with Crippen LogP contribution in [0.25, 0.3) is 0 Å². The summed E-state index contributed by atoms with van der Waals surface area (Å²) in [5.74, 6) is -2.55. The van der Waals surface area contributed by atoms with Crippen LogP contribution in [-0.4, -0.2) is 53.7 Å². The Morgan fingerprint density at radius 1 is 0.930 bits per heavy atom. The van der Waals surface area contributed by atoms with Crippen LogP contribution in [0, 0.1) is 12.8 Å². The molecule has 2 amide bonds. The highest BCUT2D eigenvalue weighted by Crippen LogP contribution is 2.43. The molecule has 0 spiro atoms. The number of halogens is 2. The Hall–Kier alpha value is -3.44. The molecule has 1 aliphatic carbocycles. The molecule has 12 heteroatoms. The molecule has 3 fully saturated rings. The van der Waals surface area contributed by atoms with Gasteiger partial charge in [0, 0.05) is 18.2 Å². The van der Waals surface area contributed by atoms with Crippen LogP contribution in [-0.2, 0) is 26.0 Å². The van der Waals surface area contributed by atoms with Gasteiger partial charge in [-0.05, 0) is 80.5 Å². The lowest BCUT2D eigenvalue weighted by atomic mass is 9.76. The first-order valence-electron chi connectivity index (χ1n) is 13.9. The van der Waals surface area contributed by atoms with E-state index in [1.54, 1.807) is 54.6 Å². The van der Waals surface area contributed by atoms with Crippen molar-refractivity contribution in [3.8, 4) is 0 Å². The van der Waals surface area contributed by atoms with Crippen molar-refractivity contribution in [1.29, 1.82) is 0 Å². The zero-order valence-electron chi connectivity index (χ0n) is 23.3. The highest BCUT2D eigenvalue weighted by Gasteiger charge is 2.51. The first kappa shape index (κ1) is 31.0. The molecular weight excluding hydrogens is 613 g/mol. The first-order valence-corrected chi connectivity index (χ1v) is 16.1. The van der Waals surface area contributed by atoms with Crippen molar-refractivity contribution in [2.75, 3.05) is 5.32 Å². The highest BCUT2D eigenvalue weighted by molar-refractivity contribution is 7.89. The molecule has 2 bridgehead atoms. The maximum Gasteiger partial charge on any atom is 0.326 e. The second-order valence-electron chi connectivity index (χ2n) is 11.0. The fourth-order valence-electron chi connectivity index (χ4n) is 5.94. The number of hydrogen-bond acceptors (Lipinski definition) is 5. The lowest BCUT2D eigenvalue weighted by Gasteiger charge is -2.49. The molecular formula is C31H31Cl2N3O6S. The van der Waals surface area contributed by atoms with E-state index >= 15 is 0 Å². The molecule has 2 atom stereocenters. The monoisotopic (exact) mass is 643 g/mol. The zero-order chi connectivity index (χ0) is 30.9. The summed E-state index contributed by atoms with van der Waals surface area (Å²) in [6, 6.07) is 15.1. The molecule has 3 aromatic carbocycles. The van der Waals surface area contributed by atoms with E-state index in [1.807, 2.05) is 6.92 Å². The number of piperidine rings is 2. The molecule has 2 saturated heterocycles. The normalized spacial score (nSPS) is 20.8. The van der Waals surface area contributed by atoms with Crippen LogP contribution in [0.5, 0.6) is 0 Å². The number of aliphatic carboxylic acids is 1. The molecule has 3 N–H and O–H groups in total. The Kier molecular flexibility index (Phi) is 9.12. The Morgan fingerprint density at radius 2 is 1.53 bits per heavy atom. The summed E-state index contributed by atoms with van der Waals surface area (Å²) in [4.78, 5) is 38.7. The lowest BCUT2D eigenvalue weighted by Crippen LogP contribution is -2.63. The van der Waals surface area contributed by atoms with Crippen LogP contribution in [0.3, 0.4) is 0 Å². The number of carbonyl (C=O) groups excluding carboxylic acids is 2. The van der Waals surface area contributed by atoms with Gasteiger partial charge in [0.25, 0.3) is 5.91 Å². The highest BCUT2D eigenvalue weighted by atomic mass is 35.5. The van der Waals surface area contributed by atoms with Gasteiger partial charge in [0.2, 0.25) is 15.9 Å². The van der Waals surface area contributed by atoms with Gasteiger partial charge in [-0.15, -0.1) is 0 Å². The van der Waals surface area contributed by atoms with Crippen molar-refractivity contribution in [2.24, 2.45) is 5.92 Å². The van der Waals surface area contributed by atoms with Gasteiger partial charge in [-0.1, -0.05) is 59.1 Å². The number of benzene rings is 3. The Morgan fingerprint density at radius 3 is 2.12 bits per heavy atom. The second kappa shape index (κ2) is 12.7. The minimum atomic E-state index is -3.99. The second-order valence-corrected chi connectivity index (χ2v) is 13.7. The van der Waals surface area contributed by atoms with Gasteiger partial charge in [0.1, 0.15) is 12.1 Å². The van der Waals surface area contributed by atoms with Crippen LogP contribution in [0.4, 0.5) is 5.69 Å². The zero-order valence-corrected chi connectivity index (χ0v) is 25.6. The van der Waals surface area contributed by atoms with Crippen molar-refractivity contribution in [1.82, 2.24) is 9.62 Å². The lowest BCUT2D eigenvalue weighted by molar-refractivity contribution is -0.143. The van der Waals surface area contributed by atoms with Gasteiger partial charge < -0.3 is 15.7 Å². The predicted molar refractivity (Wildman–Crippen MR) is 164 cm³/mol. The average Bonchev–Trinajstić information content (AvgIpc) is 2.98. The number of carboxylic acids is 1. The number of carboxylic acid groups (broad SMARTS) is 1. The van der Waals surface area contributed by atoms with E-state index in [1.165, 1.54) is 16.4 Å². The quantitative estimate of drug-likeness (QED) is 0.290. The van der Waals surface area contributed by atoms with E-state index in [4.69, 9.17) is 23.2 Å². The number of nitrogens with one attached hydrogen (secondary N) is 2. The van der Waals surface area contributed by atoms with Crippen molar-refractivity contribution >= 4 is 56.7 Å². The smallest absolute Gasteiger partial charge is 0.326 e. The minimum Gasteiger partial charge on any atom is -0.480 e. The topological polar surface area (TPSA) is 133 Å². The average molecular weight is 645 g/mol. The molecule has 2 heterocycles. The van der Waals surface area contributed by atoms with E-state index in [9.17, 15) is 27.9 Å². The van der Waals surface area contributed by atoms with Crippen LogP contribution in [0.15, 0.2) is 71.6 Å². The van der Waals surface area contributed by atoms with Gasteiger partial charge in [0.05, 0.1) is 20.5 Å².